The van der Waals surface area contributed by atoms with E-state index in [9.17, 15) is 4.79 Å². The fraction of sp³-hybridized carbons (Fsp3) is 0.286. The van der Waals surface area contributed by atoms with E-state index in [1.807, 2.05) is 6.08 Å². The zero-order chi connectivity index (χ0) is 6.27. The first kappa shape index (κ1) is 5.45. The summed E-state index contributed by atoms with van der Waals surface area (Å²) in [6.07, 6.45) is 4.41. The molecule has 0 amide bonds. The molecule has 0 aromatic carbocycles. The van der Waals surface area contributed by atoms with E-state index in [0.29, 0.717) is 21.4 Å². The zero-order valence-electron chi connectivity index (χ0n) is 4.89. The number of rotatable bonds is 0. The SMILES string of the molecule is O=C1C=CC2=C(C[Se]2)C1. The van der Waals surface area contributed by atoms with Gasteiger partial charge in [0.1, 0.15) is 0 Å². The van der Waals surface area contributed by atoms with E-state index in [1.165, 1.54) is 15.4 Å². The van der Waals surface area contributed by atoms with E-state index >= 15 is 0 Å². The van der Waals surface area contributed by atoms with Gasteiger partial charge in [0.15, 0.2) is 0 Å². The molecular formula is C7H6OSe. The topological polar surface area (TPSA) is 17.1 Å². The Bertz CT molecular complexity index is 225. The molecule has 1 heterocycles. The Hall–Kier alpha value is -0.331. The summed E-state index contributed by atoms with van der Waals surface area (Å²) in [7, 11) is 0. The summed E-state index contributed by atoms with van der Waals surface area (Å²) >= 11 is 0.715. The molecule has 0 aromatic rings. The maximum absolute atomic E-state index is 10.7. The Labute approximate surface area is 60.0 Å². The third kappa shape index (κ3) is 0.790. The normalized spacial score (nSPS) is 23.8. The molecule has 0 bridgehead atoms. The molecule has 0 atom stereocenters. The van der Waals surface area contributed by atoms with Gasteiger partial charge in [0, 0.05) is 0 Å². The molecule has 0 aromatic heterocycles. The van der Waals surface area contributed by atoms with Gasteiger partial charge in [0.25, 0.3) is 0 Å². The molecule has 0 saturated carbocycles. The second-order valence-electron chi connectivity index (χ2n) is 2.23. The van der Waals surface area contributed by atoms with Crippen molar-refractivity contribution in [3.05, 3.63) is 22.2 Å². The van der Waals surface area contributed by atoms with Crippen LogP contribution in [0.1, 0.15) is 6.42 Å². The molecule has 0 fully saturated rings. The van der Waals surface area contributed by atoms with Crippen molar-refractivity contribution in [2.75, 3.05) is 0 Å². The summed E-state index contributed by atoms with van der Waals surface area (Å²) in [6, 6.07) is 0. The maximum atomic E-state index is 10.7. The van der Waals surface area contributed by atoms with Gasteiger partial charge in [-0.3, -0.25) is 0 Å². The van der Waals surface area contributed by atoms with Gasteiger partial charge in [-0.1, -0.05) is 0 Å². The molecule has 0 saturated heterocycles. The van der Waals surface area contributed by atoms with Gasteiger partial charge in [-0.25, -0.2) is 0 Å². The van der Waals surface area contributed by atoms with E-state index < -0.39 is 0 Å². The third-order valence-corrected chi connectivity index (χ3v) is 4.14. The molecule has 2 rings (SSSR count). The zero-order valence-corrected chi connectivity index (χ0v) is 6.60. The number of ketones is 1. The van der Waals surface area contributed by atoms with Crippen LogP contribution in [0.4, 0.5) is 0 Å². The van der Waals surface area contributed by atoms with Gasteiger partial charge in [-0.15, -0.1) is 0 Å². The Balaban J connectivity index is 2.33. The van der Waals surface area contributed by atoms with Crippen LogP contribution in [0.5, 0.6) is 0 Å². The van der Waals surface area contributed by atoms with Crippen molar-refractivity contribution in [3.63, 3.8) is 0 Å². The predicted octanol–water partition coefficient (Wildman–Crippen LogP) is 0.906. The van der Waals surface area contributed by atoms with Crippen LogP contribution in [-0.2, 0) is 4.79 Å². The van der Waals surface area contributed by atoms with Gasteiger partial charge < -0.3 is 0 Å². The molecule has 0 N–H and O–H groups in total. The molecule has 46 valence electrons. The van der Waals surface area contributed by atoms with Crippen molar-refractivity contribution in [1.29, 1.82) is 0 Å². The van der Waals surface area contributed by atoms with Gasteiger partial charge in [0.2, 0.25) is 0 Å². The fourth-order valence-electron chi connectivity index (χ4n) is 1.000. The molecule has 2 heteroatoms. The minimum atomic E-state index is 0.282. The number of hydrogen-bond acceptors (Lipinski definition) is 1. The van der Waals surface area contributed by atoms with Crippen LogP contribution < -0.4 is 0 Å². The van der Waals surface area contributed by atoms with Gasteiger partial charge >= 0.3 is 59.5 Å². The summed E-state index contributed by atoms with van der Waals surface area (Å²) in [5.41, 5.74) is 1.41. The van der Waals surface area contributed by atoms with Crippen LogP contribution in [-0.4, -0.2) is 20.7 Å². The summed E-state index contributed by atoms with van der Waals surface area (Å²) < 4.78 is 1.47. The molecule has 0 radical (unpaired) electrons. The van der Waals surface area contributed by atoms with Crippen molar-refractivity contribution in [1.82, 2.24) is 0 Å². The molecule has 2 aliphatic rings. The van der Waals surface area contributed by atoms with Crippen molar-refractivity contribution in [2.24, 2.45) is 0 Å². The second-order valence-corrected chi connectivity index (χ2v) is 4.37. The van der Waals surface area contributed by atoms with Crippen LogP contribution >= 0.6 is 0 Å². The third-order valence-electron chi connectivity index (χ3n) is 1.56. The average molecular weight is 185 g/mol. The Morgan fingerprint density at radius 1 is 1.44 bits per heavy atom. The molecule has 9 heavy (non-hydrogen) atoms. The van der Waals surface area contributed by atoms with Crippen LogP contribution in [0.2, 0.25) is 5.32 Å². The van der Waals surface area contributed by atoms with Gasteiger partial charge in [0.05, 0.1) is 0 Å². The summed E-state index contributed by atoms with van der Waals surface area (Å²) in [6.45, 7) is 0. The first-order chi connectivity index (χ1) is 4.36. The summed E-state index contributed by atoms with van der Waals surface area (Å²) in [5, 5.41) is 1.22. The van der Waals surface area contributed by atoms with Gasteiger partial charge in [-0.2, -0.15) is 0 Å². The minimum absolute atomic E-state index is 0.282. The molecule has 1 aliphatic carbocycles. The summed E-state index contributed by atoms with van der Waals surface area (Å²) in [4.78, 5) is 10.7. The fourth-order valence-corrected chi connectivity index (χ4v) is 2.79. The molecule has 1 nitrogen and oxygen atoms in total. The number of hydrogen-bond donors (Lipinski definition) is 0. The van der Waals surface area contributed by atoms with Crippen molar-refractivity contribution < 1.29 is 4.79 Å². The van der Waals surface area contributed by atoms with Crippen LogP contribution in [0.3, 0.4) is 0 Å². The molecule has 0 spiro atoms. The van der Waals surface area contributed by atoms with Crippen LogP contribution in [0.15, 0.2) is 22.2 Å². The quantitative estimate of drug-likeness (QED) is 0.512. The summed E-state index contributed by atoms with van der Waals surface area (Å²) in [5.74, 6) is 0.282. The average Bonchev–Trinajstić information content (AvgIpc) is 1.78. The van der Waals surface area contributed by atoms with Crippen molar-refractivity contribution in [3.8, 4) is 0 Å². The van der Waals surface area contributed by atoms with Crippen molar-refractivity contribution >= 4 is 20.7 Å². The van der Waals surface area contributed by atoms with E-state index in [1.54, 1.807) is 6.08 Å². The molecule has 0 unspecified atom stereocenters. The van der Waals surface area contributed by atoms with E-state index in [2.05, 4.69) is 0 Å². The second kappa shape index (κ2) is 1.83. The Morgan fingerprint density at radius 2 is 2.33 bits per heavy atom. The molecular weight excluding hydrogens is 179 g/mol. The van der Waals surface area contributed by atoms with Crippen LogP contribution in [0, 0.1) is 0 Å². The number of carbonyl (C=O) groups is 1. The number of carbonyl (C=O) groups excluding carboxylic acids is 1. The monoisotopic (exact) mass is 186 g/mol. The van der Waals surface area contributed by atoms with E-state index in [4.69, 9.17) is 0 Å². The van der Waals surface area contributed by atoms with E-state index in [0.717, 1.165) is 0 Å². The first-order valence-electron chi connectivity index (χ1n) is 2.92. The number of allylic oxidation sites excluding steroid dienone is 4. The van der Waals surface area contributed by atoms with E-state index in [-0.39, 0.29) is 5.78 Å². The Morgan fingerprint density at radius 3 is 2.78 bits per heavy atom. The first-order valence-corrected chi connectivity index (χ1v) is 4.99. The molecule has 1 aliphatic heterocycles. The van der Waals surface area contributed by atoms with Gasteiger partial charge in [-0.05, 0) is 0 Å². The van der Waals surface area contributed by atoms with Crippen LogP contribution in [0.25, 0.3) is 0 Å². The Kier molecular flexibility index (Phi) is 1.11. The predicted molar refractivity (Wildman–Crippen MR) is 36.4 cm³/mol. The van der Waals surface area contributed by atoms with Crippen molar-refractivity contribution in [2.45, 2.75) is 11.7 Å². The standard InChI is InChI=1S/C7H6OSe/c8-6-1-2-7-5(3-6)4-9-7/h1-2H,3-4H2.